The van der Waals surface area contributed by atoms with Crippen molar-refractivity contribution >= 4 is 28.9 Å². The summed E-state index contributed by atoms with van der Waals surface area (Å²) in [5.41, 5.74) is 3.20. The Morgan fingerprint density at radius 3 is 2.25 bits per heavy atom. The quantitative estimate of drug-likeness (QED) is 0.651. The number of nitrogens with zero attached hydrogens (tertiary/aromatic N) is 2. The number of hydrogen-bond acceptors (Lipinski definition) is 5. The van der Waals surface area contributed by atoms with Gasteiger partial charge in [-0.25, -0.2) is 9.78 Å². The molecule has 0 unspecified atom stereocenters. The lowest BCUT2D eigenvalue weighted by atomic mass is 10.2. The van der Waals surface area contributed by atoms with Gasteiger partial charge in [0, 0.05) is 18.4 Å². The highest BCUT2D eigenvalue weighted by Crippen LogP contribution is 2.18. The number of anilines is 3. The van der Waals surface area contributed by atoms with Crippen molar-refractivity contribution in [2.75, 3.05) is 23.9 Å². The third-order valence-electron chi connectivity index (χ3n) is 4.12. The zero-order valence-electron chi connectivity index (χ0n) is 15.8. The number of amides is 1. The Labute approximate surface area is 163 Å². The average Bonchev–Trinajstić information content (AvgIpc) is 2.74. The molecule has 0 saturated heterocycles. The maximum atomic E-state index is 12.6. The number of pyridine rings is 1. The molecule has 0 atom stereocenters. The number of benzene rings is 2. The number of esters is 1. The molecule has 6 heteroatoms. The standard InChI is InChI=1S/C22H21N3O3/c1-3-28-22(27)16-9-11-17(12-10-16)24-18-13-14-20(23-15-18)21(26)25(2)19-7-5-4-6-8-19/h4-15,24H,3H2,1-2H3. The van der Waals surface area contributed by atoms with Gasteiger partial charge in [-0.3, -0.25) is 4.79 Å². The van der Waals surface area contributed by atoms with Crippen LogP contribution >= 0.6 is 0 Å². The van der Waals surface area contributed by atoms with E-state index in [2.05, 4.69) is 10.3 Å². The van der Waals surface area contributed by atoms with Gasteiger partial charge in [0.1, 0.15) is 5.69 Å². The van der Waals surface area contributed by atoms with E-state index in [0.717, 1.165) is 17.1 Å². The molecule has 2 aromatic carbocycles. The first-order valence-corrected chi connectivity index (χ1v) is 8.92. The fraction of sp³-hybridized carbons (Fsp3) is 0.136. The topological polar surface area (TPSA) is 71.5 Å². The van der Waals surface area contributed by atoms with E-state index in [-0.39, 0.29) is 11.9 Å². The van der Waals surface area contributed by atoms with Crippen molar-refractivity contribution in [2.45, 2.75) is 6.92 Å². The van der Waals surface area contributed by atoms with E-state index in [1.165, 1.54) is 0 Å². The lowest BCUT2D eigenvalue weighted by molar-refractivity contribution is 0.0526. The number of para-hydroxylation sites is 1. The highest BCUT2D eigenvalue weighted by atomic mass is 16.5. The molecule has 3 aromatic rings. The molecule has 3 rings (SSSR count). The molecule has 0 radical (unpaired) electrons. The van der Waals surface area contributed by atoms with E-state index >= 15 is 0 Å². The summed E-state index contributed by atoms with van der Waals surface area (Å²) in [6.45, 7) is 2.11. The Bertz CT molecular complexity index is 939. The maximum absolute atomic E-state index is 12.6. The molecule has 1 amide bonds. The largest absolute Gasteiger partial charge is 0.462 e. The molecule has 0 saturated carbocycles. The van der Waals surface area contributed by atoms with Crippen LogP contribution in [0.3, 0.4) is 0 Å². The van der Waals surface area contributed by atoms with Gasteiger partial charge >= 0.3 is 5.97 Å². The van der Waals surface area contributed by atoms with Crippen LogP contribution in [0.2, 0.25) is 0 Å². The average molecular weight is 375 g/mol. The van der Waals surface area contributed by atoms with E-state index in [9.17, 15) is 9.59 Å². The predicted octanol–water partition coefficient (Wildman–Crippen LogP) is 4.28. The molecule has 0 aliphatic carbocycles. The number of rotatable bonds is 6. The number of hydrogen-bond donors (Lipinski definition) is 1. The van der Waals surface area contributed by atoms with Crippen LogP contribution in [0, 0.1) is 0 Å². The van der Waals surface area contributed by atoms with Crippen molar-refractivity contribution in [3.05, 3.63) is 84.2 Å². The summed E-state index contributed by atoms with van der Waals surface area (Å²) in [6.07, 6.45) is 1.60. The van der Waals surface area contributed by atoms with E-state index in [4.69, 9.17) is 4.74 Å². The number of carbonyl (C=O) groups is 2. The Balaban J connectivity index is 1.66. The third kappa shape index (κ3) is 4.54. The normalized spacial score (nSPS) is 10.2. The Hall–Kier alpha value is -3.67. The summed E-state index contributed by atoms with van der Waals surface area (Å²) < 4.78 is 4.97. The number of nitrogens with one attached hydrogen (secondary N) is 1. The zero-order valence-corrected chi connectivity index (χ0v) is 15.8. The minimum absolute atomic E-state index is 0.184. The van der Waals surface area contributed by atoms with Gasteiger partial charge in [-0.2, -0.15) is 0 Å². The Morgan fingerprint density at radius 1 is 0.964 bits per heavy atom. The molecular weight excluding hydrogens is 354 g/mol. The molecule has 1 N–H and O–H groups in total. The van der Waals surface area contributed by atoms with Crippen molar-refractivity contribution in [3.63, 3.8) is 0 Å². The van der Waals surface area contributed by atoms with Crippen LogP contribution in [-0.4, -0.2) is 30.5 Å². The van der Waals surface area contributed by atoms with Crippen molar-refractivity contribution in [1.29, 1.82) is 0 Å². The fourth-order valence-electron chi connectivity index (χ4n) is 2.61. The van der Waals surface area contributed by atoms with Gasteiger partial charge in [-0.1, -0.05) is 18.2 Å². The van der Waals surface area contributed by atoms with E-state index < -0.39 is 0 Å². The summed E-state index contributed by atoms with van der Waals surface area (Å²) in [4.78, 5) is 30.1. The van der Waals surface area contributed by atoms with Crippen LogP contribution in [0.1, 0.15) is 27.8 Å². The molecular formula is C22H21N3O3. The number of carbonyl (C=O) groups excluding carboxylic acids is 2. The zero-order chi connectivity index (χ0) is 19.9. The molecule has 0 aliphatic rings. The molecule has 1 aromatic heterocycles. The summed E-state index contributed by atoms with van der Waals surface area (Å²) in [5.74, 6) is -0.530. The van der Waals surface area contributed by atoms with E-state index in [0.29, 0.717) is 17.9 Å². The van der Waals surface area contributed by atoms with Crippen LogP contribution in [0.15, 0.2) is 72.9 Å². The lowest BCUT2D eigenvalue weighted by Gasteiger charge is -2.16. The highest BCUT2D eigenvalue weighted by molar-refractivity contribution is 6.04. The van der Waals surface area contributed by atoms with Gasteiger partial charge in [-0.15, -0.1) is 0 Å². The molecule has 1 heterocycles. The molecule has 142 valence electrons. The fourth-order valence-corrected chi connectivity index (χ4v) is 2.61. The highest BCUT2D eigenvalue weighted by Gasteiger charge is 2.14. The van der Waals surface area contributed by atoms with Crippen LogP contribution in [0.4, 0.5) is 17.1 Å². The third-order valence-corrected chi connectivity index (χ3v) is 4.12. The minimum atomic E-state index is -0.346. The van der Waals surface area contributed by atoms with Crippen molar-refractivity contribution < 1.29 is 14.3 Å². The minimum Gasteiger partial charge on any atom is -0.462 e. The van der Waals surface area contributed by atoms with Crippen molar-refractivity contribution in [1.82, 2.24) is 4.98 Å². The number of ether oxygens (including phenoxy) is 1. The summed E-state index contributed by atoms with van der Waals surface area (Å²) in [6, 6.07) is 19.8. The second-order valence-corrected chi connectivity index (χ2v) is 6.05. The molecule has 0 bridgehead atoms. The van der Waals surface area contributed by atoms with Crippen LogP contribution < -0.4 is 10.2 Å². The first kappa shape index (κ1) is 19.1. The molecule has 6 nitrogen and oxygen atoms in total. The lowest BCUT2D eigenvalue weighted by Crippen LogP contribution is -2.26. The van der Waals surface area contributed by atoms with Gasteiger partial charge in [0.25, 0.3) is 5.91 Å². The summed E-state index contributed by atoms with van der Waals surface area (Å²) >= 11 is 0. The molecule has 0 spiro atoms. The summed E-state index contributed by atoms with van der Waals surface area (Å²) in [7, 11) is 1.72. The Morgan fingerprint density at radius 2 is 1.64 bits per heavy atom. The molecule has 28 heavy (non-hydrogen) atoms. The van der Waals surface area contributed by atoms with Gasteiger partial charge in [0.15, 0.2) is 0 Å². The monoisotopic (exact) mass is 375 g/mol. The smallest absolute Gasteiger partial charge is 0.338 e. The van der Waals surface area contributed by atoms with Crippen LogP contribution in [-0.2, 0) is 4.74 Å². The van der Waals surface area contributed by atoms with E-state index in [1.54, 1.807) is 61.5 Å². The first-order chi connectivity index (χ1) is 13.6. The second kappa shape index (κ2) is 8.81. The van der Waals surface area contributed by atoms with Crippen LogP contribution in [0.25, 0.3) is 0 Å². The SMILES string of the molecule is CCOC(=O)c1ccc(Nc2ccc(C(=O)N(C)c3ccccc3)nc2)cc1. The van der Waals surface area contributed by atoms with Crippen molar-refractivity contribution in [3.8, 4) is 0 Å². The van der Waals surface area contributed by atoms with Gasteiger partial charge in [-0.05, 0) is 55.5 Å². The van der Waals surface area contributed by atoms with Gasteiger partial charge < -0.3 is 15.0 Å². The molecule has 0 fully saturated rings. The second-order valence-electron chi connectivity index (χ2n) is 6.05. The van der Waals surface area contributed by atoms with E-state index in [1.807, 2.05) is 30.3 Å². The molecule has 0 aliphatic heterocycles. The maximum Gasteiger partial charge on any atom is 0.338 e. The predicted molar refractivity (Wildman–Crippen MR) is 109 cm³/mol. The Kier molecular flexibility index (Phi) is 6.01. The van der Waals surface area contributed by atoms with Gasteiger partial charge in [0.05, 0.1) is 24.1 Å². The summed E-state index contributed by atoms with van der Waals surface area (Å²) in [5, 5.41) is 3.19. The van der Waals surface area contributed by atoms with Gasteiger partial charge in [0.2, 0.25) is 0 Å². The first-order valence-electron chi connectivity index (χ1n) is 8.92. The van der Waals surface area contributed by atoms with Crippen molar-refractivity contribution in [2.24, 2.45) is 0 Å². The van der Waals surface area contributed by atoms with Crippen LogP contribution in [0.5, 0.6) is 0 Å². The number of aromatic nitrogens is 1.